The Bertz CT molecular complexity index is 1350. The number of anilines is 1. The number of nitrogen functional groups attached to an aromatic ring is 1. The van der Waals surface area contributed by atoms with Gasteiger partial charge >= 0.3 is 0 Å². The molecule has 1 aliphatic heterocycles. The van der Waals surface area contributed by atoms with Crippen LogP contribution in [-0.4, -0.2) is 42.2 Å². The van der Waals surface area contributed by atoms with Crippen molar-refractivity contribution in [3.8, 4) is 22.6 Å². The summed E-state index contributed by atoms with van der Waals surface area (Å²) in [4.78, 5) is 17.8. The normalized spacial score (nSPS) is 16.4. The van der Waals surface area contributed by atoms with E-state index in [2.05, 4.69) is 25.6 Å². The highest BCUT2D eigenvalue weighted by Gasteiger charge is 2.27. The Morgan fingerprint density at radius 3 is 2.79 bits per heavy atom. The number of halogens is 1. The van der Waals surface area contributed by atoms with Crippen molar-refractivity contribution in [3.63, 3.8) is 0 Å². The minimum atomic E-state index is -0.581. The molecule has 2 atom stereocenters. The van der Waals surface area contributed by atoms with Gasteiger partial charge in [-0.1, -0.05) is 0 Å². The smallest absolute Gasteiger partial charge is 0.244 e. The number of nitrogens with two attached hydrogens (primary N) is 1. The van der Waals surface area contributed by atoms with Crippen LogP contribution in [0, 0.1) is 12.7 Å². The number of rotatable bonds is 6. The van der Waals surface area contributed by atoms with Crippen molar-refractivity contribution in [2.24, 2.45) is 0 Å². The van der Waals surface area contributed by atoms with Crippen LogP contribution in [-0.2, 0) is 4.79 Å². The summed E-state index contributed by atoms with van der Waals surface area (Å²) in [6.07, 6.45) is 6.66. The maximum atomic E-state index is 14.1. The zero-order chi connectivity index (χ0) is 23.8. The third-order valence-corrected chi connectivity index (χ3v) is 5.81. The average molecular weight is 462 g/mol. The lowest BCUT2D eigenvalue weighted by Gasteiger charge is -2.19. The summed E-state index contributed by atoms with van der Waals surface area (Å²) in [5.74, 6) is 0.102. The first kappa shape index (κ1) is 21.6. The first-order valence-corrected chi connectivity index (χ1v) is 10.8. The van der Waals surface area contributed by atoms with Crippen LogP contribution in [0.25, 0.3) is 16.8 Å². The van der Waals surface area contributed by atoms with Gasteiger partial charge in [0.25, 0.3) is 0 Å². The number of pyridine rings is 1. The lowest BCUT2D eigenvalue weighted by atomic mass is 10.1. The second kappa shape index (κ2) is 8.58. The van der Waals surface area contributed by atoms with Crippen LogP contribution in [0.15, 0.2) is 49.1 Å². The molecule has 0 radical (unpaired) electrons. The molecule has 0 spiro atoms. The van der Waals surface area contributed by atoms with Crippen LogP contribution in [0.2, 0.25) is 0 Å². The van der Waals surface area contributed by atoms with E-state index < -0.39 is 11.9 Å². The van der Waals surface area contributed by atoms with E-state index in [9.17, 15) is 9.18 Å². The summed E-state index contributed by atoms with van der Waals surface area (Å²) < 4.78 is 21.9. The van der Waals surface area contributed by atoms with E-state index in [1.54, 1.807) is 42.3 Å². The zero-order valence-electron chi connectivity index (χ0n) is 18.6. The molecule has 0 saturated carbocycles. The molecule has 34 heavy (non-hydrogen) atoms. The first-order valence-electron chi connectivity index (χ1n) is 10.8. The molecule has 1 aromatic carbocycles. The van der Waals surface area contributed by atoms with Crippen molar-refractivity contribution in [1.29, 1.82) is 0 Å². The molecule has 1 fully saturated rings. The molecule has 1 amide bonds. The SMILES string of the molecule is Cc1nn(C2CCNC2=O)cc1-c1cnc(N)c(O[C@H](C)c2cc(F)ccc2-n2nccn2)c1. The van der Waals surface area contributed by atoms with Gasteiger partial charge in [0, 0.05) is 35.6 Å². The van der Waals surface area contributed by atoms with Crippen molar-refractivity contribution in [2.75, 3.05) is 12.3 Å². The van der Waals surface area contributed by atoms with Crippen molar-refractivity contribution in [3.05, 3.63) is 66.1 Å². The number of ether oxygens (including phenoxy) is 1. The zero-order valence-corrected chi connectivity index (χ0v) is 18.6. The molecule has 1 saturated heterocycles. The first-order chi connectivity index (χ1) is 16.4. The lowest BCUT2D eigenvalue weighted by Crippen LogP contribution is -2.22. The summed E-state index contributed by atoms with van der Waals surface area (Å²) >= 11 is 0. The van der Waals surface area contributed by atoms with Crippen molar-refractivity contribution >= 4 is 11.7 Å². The molecule has 4 aromatic rings. The minimum absolute atomic E-state index is 0.0418. The number of aryl methyl sites for hydroxylation is 1. The second-order valence-corrected chi connectivity index (χ2v) is 8.09. The number of aromatic nitrogens is 6. The summed E-state index contributed by atoms with van der Waals surface area (Å²) in [5, 5.41) is 15.6. The molecule has 0 aliphatic carbocycles. The summed E-state index contributed by atoms with van der Waals surface area (Å²) in [6, 6.07) is 5.77. The summed E-state index contributed by atoms with van der Waals surface area (Å²) in [5.41, 5.74) is 9.56. The molecule has 174 valence electrons. The summed E-state index contributed by atoms with van der Waals surface area (Å²) in [7, 11) is 0. The Morgan fingerprint density at radius 2 is 2.06 bits per heavy atom. The highest BCUT2D eigenvalue weighted by Crippen LogP contribution is 2.34. The Labute approximate surface area is 194 Å². The van der Waals surface area contributed by atoms with E-state index in [-0.39, 0.29) is 17.8 Å². The van der Waals surface area contributed by atoms with Crippen LogP contribution in [0.5, 0.6) is 5.75 Å². The molecule has 1 aliphatic rings. The Morgan fingerprint density at radius 1 is 1.26 bits per heavy atom. The number of carbonyl (C=O) groups excluding carboxylic acids is 1. The fourth-order valence-electron chi connectivity index (χ4n) is 4.08. The number of nitrogens with zero attached hydrogens (tertiary/aromatic N) is 6. The van der Waals surface area contributed by atoms with Gasteiger partial charge in [0.2, 0.25) is 5.91 Å². The van der Waals surface area contributed by atoms with Crippen molar-refractivity contribution in [1.82, 2.24) is 35.1 Å². The molecule has 11 heteroatoms. The van der Waals surface area contributed by atoms with Gasteiger partial charge in [-0.15, -0.1) is 0 Å². The third kappa shape index (κ3) is 3.96. The van der Waals surface area contributed by atoms with Gasteiger partial charge in [-0.3, -0.25) is 9.48 Å². The van der Waals surface area contributed by atoms with E-state index >= 15 is 0 Å². The van der Waals surface area contributed by atoms with Gasteiger partial charge in [0.05, 0.1) is 23.8 Å². The van der Waals surface area contributed by atoms with Crippen LogP contribution in [0.3, 0.4) is 0 Å². The summed E-state index contributed by atoms with van der Waals surface area (Å²) in [6.45, 7) is 4.29. The van der Waals surface area contributed by atoms with Gasteiger partial charge in [0.15, 0.2) is 11.6 Å². The highest BCUT2D eigenvalue weighted by atomic mass is 19.1. The minimum Gasteiger partial charge on any atom is -0.482 e. The Balaban J connectivity index is 1.45. The van der Waals surface area contributed by atoms with Crippen LogP contribution < -0.4 is 15.8 Å². The lowest BCUT2D eigenvalue weighted by molar-refractivity contribution is -0.122. The number of hydrogen-bond donors (Lipinski definition) is 2. The van der Waals surface area contributed by atoms with Gasteiger partial charge in [-0.2, -0.15) is 20.1 Å². The van der Waals surface area contributed by atoms with E-state index in [1.807, 2.05) is 13.1 Å². The topological polar surface area (TPSA) is 126 Å². The molecule has 1 unspecified atom stereocenters. The standard InChI is InChI=1S/C23H23FN8O2/c1-13-18(12-31(30-13)20-5-6-26-23(20)33)15-9-21(22(25)27-11-15)34-14(2)17-10-16(24)3-4-19(17)32-28-7-8-29-32/h3-4,7-12,14,20H,5-6H2,1-2H3,(H2,25,27)(H,26,33)/t14-,20?/m1/s1. The van der Waals surface area contributed by atoms with Crippen molar-refractivity contribution in [2.45, 2.75) is 32.4 Å². The molecular formula is C23H23FN8O2. The number of hydrogen-bond acceptors (Lipinski definition) is 7. The van der Waals surface area contributed by atoms with Crippen LogP contribution >= 0.6 is 0 Å². The van der Waals surface area contributed by atoms with Crippen LogP contribution in [0.1, 0.15) is 36.7 Å². The molecule has 0 bridgehead atoms. The third-order valence-electron chi connectivity index (χ3n) is 5.81. The quantitative estimate of drug-likeness (QED) is 0.451. The molecule has 10 nitrogen and oxygen atoms in total. The fourth-order valence-corrected chi connectivity index (χ4v) is 4.08. The number of amides is 1. The monoisotopic (exact) mass is 462 g/mol. The average Bonchev–Trinajstić information content (AvgIpc) is 3.57. The molecule has 3 aromatic heterocycles. The fraction of sp³-hybridized carbons (Fsp3) is 0.261. The van der Waals surface area contributed by atoms with E-state index in [0.717, 1.165) is 16.8 Å². The van der Waals surface area contributed by atoms with Gasteiger partial charge in [-0.05, 0) is 44.5 Å². The van der Waals surface area contributed by atoms with Crippen LogP contribution in [0.4, 0.5) is 10.2 Å². The predicted octanol–water partition coefficient (Wildman–Crippen LogP) is 2.76. The van der Waals surface area contributed by atoms with E-state index in [0.29, 0.717) is 30.0 Å². The largest absolute Gasteiger partial charge is 0.482 e. The number of nitrogens with one attached hydrogen (secondary N) is 1. The molecular weight excluding hydrogens is 439 g/mol. The predicted molar refractivity (Wildman–Crippen MR) is 122 cm³/mol. The Kier molecular flexibility index (Phi) is 5.44. The Hall–Kier alpha value is -4.28. The maximum Gasteiger partial charge on any atom is 0.244 e. The second-order valence-electron chi connectivity index (χ2n) is 8.09. The van der Waals surface area contributed by atoms with E-state index in [1.165, 1.54) is 16.9 Å². The van der Waals surface area contributed by atoms with E-state index in [4.69, 9.17) is 10.5 Å². The molecule has 3 N–H and O–H groups in total. The number of carbonyl (C=O) groups is 1. The molecule has 5 rings (SSSR count). The van der Waals surface area contributed by atoms with Crippen molar-refractivity contribution < 1.29 is 13.9 Å². The van der Waals surface area contributed by atoms with Gasteiger partial charge < -0.3 is 15.8 Å². The van der Waals surface area contributed by atoms with Gasteiger partial charge in [-0.25, -0.2) is 9.37 Å². The highest BCUT2D eigenvalue weighted by molar-refractivity contribution is 5.82. The molecule has 4 heterocycles. The number of benzene rings is 1. The van der Waals surface area contributed by atoms with Gasteiger partial charge in [0.1, 0.15) is 18.0 Å². The maximum absolute atomic E-state index is 14.1.